The van der Waals surface area contributed by atoms with Crippen LogP contribution in [0.15, 0.2) is 18.2 Å². The first-order chi connectivity index (χ1) is 9.71. The van der Waals surface area contributed by atoms with Gasteiger partial charge in [0.2, 0.25) is 5.91 Å². The van der Waals surface area contributed by atoms with Gasteiger partial charge in [0.05, 0.1) is 18.6 Å². The highest BCUT2D eigenvalue weighted by Gasteiger charge is 2.13. The first-order valence-corrected chi connectivity index (χ1v) is 9.52. The number of methoxy groups -OCH3 is 1. The summed E-state index contributed by atoms with van der Waals surface area (Å²) in [5.41, 5.74) is 6.50. The van der Waals surface area contributed by atoms with Crippen molar-refractivity contribution < 1.29 is 22.2 Å². The monoisotopic (exact) mass is 334 g/mol. The summed E-state index contributed by atoms with van der Waals surface area (Å²) >= 11 is 0. The van der Waals surface area contributed by atoms with Crippen molar-refractivity contribution in [2.24, 2.45) is 0 Å². The summed E-state index contributed by atoms with van der Waals surface area (Å²) in [6.45, 7) is 0. The average Bonchev–Trinajstić information content (AvgIpc) is 2.37. The molecule has 1 aromatic rings. The van der Waals surface area contributed by atoms with Gasteiger partial charge in [0.25, 0.3) is 0 Å². The largest absolute Gasteiger partial charge is 0.494 e. The predicted octanol–water partition coefficient (Wildman–Crippen LogP) is 0.00920. The molecular formula is C12H18N2O5S2. The van der Waals surface area contributed by atoms with Crippen molar-refractivity contribution in [2.75, 3.05) is 41.7 Å². The number of anilines is 2. The fraction of sp³-hybridized carbons (Fsp3) is 0.417. The second-order valence-corrected chi connectivity index (χ2v) is 8.26. The zero-order chi connectivity index (χ0) is 16.0. The number of hydrogen-bond acceptors (Lipinski definition) is 6. The summed E-state index contributed by atoms with van der Waals surface area (Å²) in [4.78, 5) is 11.8. The molecule has 0 aliphatic rings. The molecule has 1 amide bonds. The molecule has 0 aliphatic heterocycles. The number of carbonyl (C=O) groups is 1. The van der Waals surface area contributed by atoms with E-state index in [1.165, 1.54) is 7.11 Å². The number of hydrogen-bond donors (Lipinski definition) is 2. The zero-order valence-electron chi connectivity index (χ0n) is 11.8. The number of nitrogen functional groups attached to an aromatic ring is 1. The van der Waals surface area contributed by atoms with Crippen molar-refractivity contribution in [3.63, 3.8) is 0 Å². The molecule has 0 radical (unpaired) electrons. The van der Waals surface area contributed by atoms with Crippen LogP contribution in [-0.2, 0) is 25.4 Å². The summed E-state index contributed by atoms with van der Waals surface area (Å²) in [7, 11) is -3.29. The van der Waals surface area contributed by atoms with Crippen molar-refractivity contribution in [3.8, 4) is 5.75 Å². The Bertz CT molecular complexity index is 643. The third-order valence-corrected chi connectivity index (χ3v) is 4.92. The van der Waals surface area contributed by atoms with Crippen molar-refractivity contribution >= 4 is 37.9 Å². The first kappa shape index (κ1) is 17.4. The maximum atomic E-state index is 11.8. The van der Waals surface area contributed by atoms with E-state index in [0.717, 1.165) is 6.26 Å². The van der Waals surface area contributed by atoms with Gasteiger partial charge in [-0.1, -0.05) is 0 Å². The Morgan fingerprint density at radius 2 is 2.10 bits per heavy atom. The van der Waals surface area contributed by atoms with Crippen LogP contribution < -0.4 is 15.8 Å². The van der Waals surface area contributed by atoms with Gasteiger partial charge in [-0.05, 0) is 12.1 Å². The van der Waals surface area contributed by atoms with Crippen LogP contribution in [0, 0.1) is 0 Å². The molecule has 0 saturated carbocycles. The van der Waals surface area contributed by atoms with Crippen LogP contribution in [0.5, 0.6) is 5.75 Å². The fourth-order valence-electron chi connectivity index (χ4n) is 1.46. The Morgan fingerprint density at radius 3 is 2.67 bits per heavy atom. The van der Waals surface area contributed by atoms with Gasteiger partial charge in [-0.3, -0.25) is 9.00 Å². The molecule has 0 heterocycles. The second-order valence-electron chi connectivity index (χ2n) is 4.43. The molecule has 3 N–H and O–H groups in total. The molecule has 1 rings (SSSR count). The molecule has 0 fully saturated rings. The summed E-state index contributed by atoms with van der Waals surface area (Å²) in [6, 6.07) is 4.72. The Morgan fingerprint density at radius 1 is 1.43 bits per heavy atom. The number of rotatable bonds is 7. The van der Waals surface area contributed by atoms with E-state index >= 15 is 0 Å². The van der Waals surface area contributed by atoms with Crippen LogP contribution in [0.4, 0.5) is 11.4 Å². The van der Waals surface area contributed by atoms with Crippen LogP contribution >= 0.6 is 0 Å². The maximum Gasteiger partial charge on any atom is 0.237 e. The second kappa shape index (κ2) is 7.41. The molecule has 7 nitrogen and oxygen atoms in total. The minimum atomic E-state index is -3.19. The van der Waals surface area contributed by atoms with Gasteiger partial charge in [0.15, 0.2) is 0 Å². The van der Waals surface area contributed by atoms with Crippen molar-refractivity contribution in [3.05, 3.63) is 18.2 Å². The van der Waals surface area contributed by atoms with Crippen LogP contribution in [0.1, 0.15) is 0 Å². The van der Waals surface area contributed by atoms with E-state index < -0.39 is 26.5 Å². The number of amides is 1. The third-order valence-electron chi connectivity index (χ3n) is 2.47. The predicted molar refractivity (Wildman–Crippen MR) is 83.6 cm³/mol. The SMILES string of the molecule is COc1cc(N)ccc1NC(=O)CS(=O)CCS(C)(=O)=O. The maximum absolute atomic E-state index is 11.8. The summed E-state index contributed by atoms with van der Waals surface area (Å²) in [6.07, 6.45) is 1.06. The highest BCUT2D eigenvalue weighted by Crippen LogP contribution is 2.26. The van der Waals surface area contributed by atoms with Gasteiger partial charge >= 0.3 is 0 Å². The average molecular weight is 334 g/mol. The molecule has 0 bridgehead atoms. The fourth-order valence-corrected chi connectivity index (χ4v) is 3.92. The number of carbonyl (C=O) groups excluding carboxylic acids is 1. The van der Waals surface area contributed by atoms with Crippen LogP contribution in [-0.4, -0.2) is 49.2 Å². The number of nitrogens with one attached hydrogen (secondary N) is 1. The molecule has 118 valence electrons. The van der Waals surface area contributed by atoms with E-state index in [4.69, 9.17) is 10.5 Å². The molecule has 0 spiro atoms. The normalized spacial score (nSPS) is 12.7. The lowest BCUT2D eigenvalue weighted by Gasteiger charge is -2.10. The lowest BCUT2D eigenvalue weighted by Crippen LogP contribution is -2.23. The van der Waals surface area contributed by atoms with E-state index in [1.54, 1.807) is 18.2 Å². The third kappa shape index (κ3) is 6.58. The first-order valence-electron chi connectivity index (χ1n) is 5.97. The number of benzene rings is 1. The molecule has 0 aromatic heterocycles. The smallest absolute Gasteiger partial charge is 0.237 e. The minimum Gasteiger partial charge on any atom is -0.494 e. The molecule has 0 aliphatic carbocycles. The zero-order valence-corrected chi connectivity index (χ0v) is 13.4. The van der Waals surface area contributed by atoms with E-state index in [9.17, 15) is 17.4 Å². The highest BCUT2D eigenvalue weighted by molar-refractivity contribution is 7.92. The van der Waals surface area contributed by atoms with Crippen molar-refractivity contribution in [1.82, 2.24) is 0 Å². The standard InChI is InChI=1S/C12H18N2O5S2/c1-19-11-7-9(13)3-4-10(11)14-12(15)8-20(16)5-6-21(2,17)18/h3-4,7H,5-6,8,13H2,1-2H3,(H,14,15). The van der Waals surface area contributed by atoms with Gasteiger partial charge in [-0.25, -0.2) is 8.42 Å². The molecule has 21 heavy (non-hydrogen) atoms. The van der Waals surface area contributed by atoms with E-state index in [0.29, 0.717) is 17.1 Å². The van der Waals surface area contributed by atoms with Crippen molar-refractivity contribution in [2.45, 2.75) is 0 Å². The quantitative estimate of drug-likeness (QED) is 0.679. The summed E-state index contributed by atoms with van der Waals surface area (Å²) in [5.74, 6) is -0.637. The van der Waals surface area contributed by atoms with E-state index in [-0.39, 0.29) is 17.3 Å². The molecule has 1 aromatic carbocycles. The number of nitrogens with two attached hydrogens (primary N) is 1. The van der Waals surface area contributed by atoms with E-state index in [1.807, 2.05) is 0 Å². The molecule has 1 unspecified atom stereocenters. The summed E-state index contributed by atoms with van der Waals surface area (Å²) in [5, 5.41) is 2.55. The highest BCUT2D eigenvalue weighted by atomic mass is 32.2. The van der Waals surface area contributed by atoms with Gasteiger partial charge < -0.3 is 15.8 Å². The Kier molecular flexibility index (Phi) is 6.16. The lowest BCUT2D eigenvalue weighted by atomic mass is 10.2. The molecule has 1 atom stereocenters. The van der Waals surface area contributed by atoms with Crippen LogP contribution in [0.25, 0.3) is 0 Å². The Hall–Kier alpha value is -1.61. The van der Waals surface area contributed by atoms with Gasteiger partial charge in [0, 0.05) is 34.6 Å². The minimum absolute atomic E-state index is 0.0644. The molecular weight excluding hydrogens is 316 g/mol. The van der Waals surface area contributed by atoms with Gasteiger partial charge in [0.1, 0.15) is 21.3 Å². The van der Waals surface area contributed by atoms with E-state index in [2.05, 4.69) is 5.32 Å². The molecule has 0 saturated heterocycles. The number of ether oxygens (including phenoxy) is 1. The molecule has 9 heteroatoms. The van der Waals surface area contributed by atoms with Crippen molar-refractivity contribution in [1.29, 1.82) is 0 Å². The summed E-state index contributed by atoms with van der Waals surface area (Å²) < 4.78 is 38.6. The van der Waals surface area contributed by atoms with Gasteiger partial charge in [-0.2, -0.15) is 0 Å². The van der Waals surface area contributed by atoms with Crippen LogP contribution in [0.3, 0.4) is 0 Å². The van der Waals surface area contributed by atoms with Gasteiger partial charge in [-0.15, -0.1) is 0 Å². The lowest BCUT2D eigenvalue weighted by molar-refractivity contribution is -0.113. The Labute approximate surface area is 126 Å². The Balaban J connectivity index is 2.60. The number of sulfone groups is 1. The van der Waals surface area contributed by atoms with Crippen LogP contribution in [0.2, 0.25) is 0 Å². The topological polar surface area (TPSA) is 116 Å².